The fourth-order valence-electron chi connectivity index (χ4n) is 3.24. The number of piperazine rings is 1. The van der Waals surface area contributed by atoms with Gasteiger partial charge in [-0.3, -0.25) is 4.90 Å². The highest BCUT2D eigenvalue weighted by Gasteiger charge is 2.36. The van der Waals surface area contributed by atoms with E-state index in [1.54, 1.807) is 0 Å². The van der Waals surface area contributed by atoms with Crippen LogP contribution in [0.25, 0.3) is 0 Å². The number of benzene rings is 1. The predicted octanol–water partition coefficient (Wildman–Crippen LogP) is 3.84. The molecule has 1 N–H and O–H groups in total. The largest absolute Gasteiger partial charge is 0.311 e. The van der Waals surface area contributed by atoms with Crippen LogP contribution in [0, 0.1) is 18.3 Å². The second kappa shape index (κ2) is 6.50. The van der Waals surface area contributed by atoms with Crippen LogP contribution in [0.5, 0.6) is 0 Å². The molecule has 1 aromatic carbocycles. The molecule has 2 nitrogen and oxygen atoms in total. The number of hydrogen-bond donors (Lipinski definition) is 1. The molecule has 2 heteroatoms. The van der Waals surface area contributed by atoms with E-state index in [2.05, 4.69) is 76.0 Å². The molecule has 0 spiro atoms. The van der Waals surface area contributed by atoms with Crippen LogP contribution in [-0.4, -0.2) is 30.1 Å². The van der Waals surface area contributed by atoms with Crippen LogP contribution in [0.4, 0.5) is 0 Å². The van der Waals surface area contributed by atoms with Crippen molar-refractivity contribution in [3.63, 3.8) is 0 Å². The van der Waals surface area contributed by atoms with Gasteiger partial charge in [0.05, 0.1) is 0 Å². The molecule has 1 aliphatic heterocycles. The lowest BCUT2D eigenvalue weighted by molar-refractivity contribution is 0.0400. The molecule has 0 aliphatic carbocycles. The number of aryl methyl sites for hydroxylation is 1. The zero-order valence-corrected chi connectivity index (χ0v) is 14.6. The van der Waals surface area contributed by atoms with Crippen molar-refractivity contribution in [1.29, 1.82) is 0 Å². The van der Waals surface area contributed by atoms with Gasteiger partial charge in [0, 0.05) is 31.7 Å². The summed E-state index contributed by atoms with van der Waals surface area (Å²) < 4.78 is 0. The maximum atomic E-state index is 3.76. The van der Waals surface area contributed by atoms with E-state index in [1.165, 1.54) is 11.1 Å². The van der Waals surface area contributed by atoms with Crippen molar-refractivity contribution >= 4 is 0 Å². The lowest BCUT2D eigenvalue weighted by Crippen LogP contribution is -2.61. The molecule has 2 unspecified atom stereocenters. The molecule has 0 radical (unpaired) electrons. The van der Waals surface area contributed by atoms with Gasteiger partial charge in [-0.15, -0.1) is 0 Å². The molecule has 0 bridgehead atoms. The van der Waals surface area contributed by atoms with Crippen molar-refractivity contribution in [2.75, 3.05) is 13.1 Å². The monoisotopic (exact) mass is 288 g/mol. The van der Waals surface area contributed by atoms with Gasteiger partial charge in [-0.25, -0.2) is 0 Å². The lowest BCUT2D eigenvalue weighted by atomic mass is 9.82. The molecule has 1 aromatic rings. The predicted molar refractivity (Wildman–Crippen MR) is 91.5 cm³/mol. The fraction of sp³-hybridized carbons (Fsp3) is 0.684. The third-order valence-electron chi connectivity index (χ3n) is 4.76. The van der Waals surface area contributed by atoms with Crippen molar-refractivity contribution in [1.82, 2.24) is 10.2 Å². The Balaban J connectivity index is 2.14. The van der Waals surface area contributed by atoms with Gasteiger partial charge in [0.1, 0.15) is 0 Å². The summed E-state index contributed by atoms with van der Waals surface area (Å²) in [5.74, 6) is 0.687. The Kier molecular flexibility index (Phi) is 5.11. The SMILES string of the molecule is Cc1ccc(CN2CC(C(C)C)NCC2C(C)(C)C)cc1. The highest BCUT2D eigenvalue weighted by molar-refractivity contribution is 5.21. The topological polar surface area (TPSA) is 15.3 Å². The molecule has 1 heterocycles. The van der Waals surface area contributed by atoms with Crippen molar-refractivity contribution in [3.05, 3.63) is 35.4 Å². The van der Waals surface area contributed by atoms with E-state index in [4.69, 9.17) is 0 Å². The van der Waals surface area contributed by atoms with Gasteiger partial charge in [0.15, 0.2) is 0 Å². The Morgan fingerprint density at radius 1 is 1.19 bits per heavy atom. The first-order valence-corrected chi connectivity index (χ1v) is 8.30. The van der Waals surface area contributed by atoms with Crippen molar-refractivity contribution in [2.45, 2.75) is 60.2 Å². The molecule has 1 saturated heterocycles. The van der Waals surface area contributed by atoms with E-state index < -0.39 is 0 Å². The molecule has 0 amide bonds. The molecule has 21 heavy (non-hydrogen) atoms. The van der Waals surface area contributed by atoms with Crippen LogP contribution in [0.15, 0.2) is 24.3 Å². The Labute approximate surface area is 130 Å². The van der Waals surface area contributed by atoms with E-state index in [-0.39, 0.29) is 0 Å². The standard InChI is InChI=1S/C19H32N2/c1-14(2)17-13-21(18(11-20-17)19(4,5)6)12-16-9-7-15(3)8-10-16/h7-10,14,17-18,20H,11-13H2,1-6H3. The van der Waals surface area contributed by atoms with Crippen LogP contribution in [0.3, 0.4) is 0 Å². The first-order chi connectivity index (χ1) is 9.77. The first-order valence-electron chi connectivity index (χ1n) is 8.30. The van der Waals surface area contributed by atoms with E-state index in [0.29, 0.717) is 23.4 Å². The maximum absolute atomic E-state index is 3.76. The second-order valence-electron chi connectivity index (χ2n) is 8.06. The van der Waals surface area contributed by atoms with Gasteiger partial charge in [-0.05, 0) is 23.8 Å². The van der Waals surface area contributed by atoms with Gasteiger partial charge < -0.3 is 5.32 Å². The molecule has 0 aromatic heterocycles. The summed E-state index contributed by atoms with van der Waals surface area (Å²) in [4.78, 5) is 2.69. The number of nitrogens with one attached hydrogen (secondary N) is 1. The third kappa shape index (κ3) is 4.31. The molecule has 1 aliphatic rings. The minimum absolute atomic E-state index is 0.305. The van der Waals surface area contributed by atoms with Crippen molar-refractivity contribution in [2.24, 2.45) is 11.3 Å². The Bertz CT molecular complexity index is 442. The zero-order valence-electron chi connectivity index (χ0n) is 14.6. The van der Waals surface area contributed by atoms with Gasteiger partial charge in [0.25, 0.3) is 0 Å². The summed E-state index contributed by atoms with van der Waals surface area (Å²) in [6, 6.07) is 10.2. The van der Waals surface area contributed by atoms with Crippen LogP contribution in [-0.2, 0) is 6.54 Å². The Morgan fingerprint density at radius 2 is 1.81 bits per heavy atom. The fourth-order valence-corrected chi connectivity index (χ4v) is 3.24. The first kappa shape index (κ1) is 16.5. The summed E-state index contributed by atoms with van der Waals surface area (Å²) in [6.45, 7) is 17.2. The zero-order chi connectivity index (χ0) is 15.6. The Morgan fingerprint density at radius 3 is 2.33 bits per heavy atom. The van der Waals surface area contributed by atoms with Gasteiger partial charge in [0.2, 0.25) is 0 Å². The van der Waals surface area contributed by atoms with Crippen LogP contribution in [0.2, 0.25) is 0 Å². The maximum Gasteiger partial charge on any atom is 0.0273 e. The molecule has 118 valence electrons. The molecular weight excluding hydrogens is 256 g/mol. The van der Waals surface area contributed by atoms with Crippen molar-refractivity contribution < 1.29 is 0 Å². The third-order valence-corrected chi connectivity index (χ3v) is 4.76. The number of hydrogen-bond acceptors (Lipinski definition) is 2. The summed E-state index contributed by atoms with van der Waals surface area (Å²) in [5.41, 5.74) is 3.07. The number of nitrogens with zero attached hydrogens (tertiary/aromatic N) is 1. The van der Waals surface area contributed by atoms with E-state index in [1.807, 2.05) is 0 Å². The number of rotatable bonds is 3. The van der Waals surface area contributed by atoms with E-state index >= 15 is 0 Å². The summed E-state index contributed by atoms with van der Waals surface area (Å²) in [6.07, 6.45) is 0. The average Bonchev–Trinajstić information content (AvgIpc) is 2.40. The average molecular weight is 288 g/mol. The van der Waals surface area contributed by atoms with E-state index in [9.17, 15) is 0 Å². The van der Waals surface area contributed by atoms with Gasteiger partial charge in [-0.2, -0.15) is 0 Å². The lowest BCUT2D eigenvalue weighted by Gasteiger charge is -2.47. The minimum Gasteiger partial charge on any atom is -0.311 e. The highest BCUT2D eigenvalue weighted by Crippen LogP contribution is 2.28. The summed E-state index contributed by atoms with van der Waals surface area (Å²) in [5, 5.41) is 3.76. The highest BCUT2D eigenvalue weighted by atomic mass is 15.2. The van der Waals surface area contributed by atoms with E-state index in [0.717, 1.165) is 19.6 Å². The summed E-state index contributed by atoms with van der Waals surface area (Å²) in [7, 11) is 0. The Hall–Kier alpha value is -0.860. The molecule has 0 saturated carbocycles. The normalized spacial score (nSPS) is 24.5. The molecule has 2 rings (SSSR count). The summed E-state index contributed by atoms with van der Waals surface area (Å²) >= 11 is 0. The molecular formula is C19H32N2. The van der Waals surface area contributed by atoms with Gasteiger partial charge >= 0.3 is 0 Å². The van der Waals surface area contributed by atoms with Crippen LogP contribution >= 0.6 is 0 Å². The minimum atomic E-state index is 0.305. The van der Waals surface area contributed by atoms with Crippen LogP contribution in [0.1, 0.15) is 45.7 Å². The van der Waals surface area contributed by atoms with Crippen molar-refractivity contribution in [3.8, 4) is 0 Å². The van der Waals surface area contributed by atoms with Crippen LogP contribution < -0.4 is 5.32 Å². The molecule has 1 fully saturated rings. The smallest absolute Gasteiger partial charge is 0.0273 e. The van der Waals surface area contributed by atoms with Gasteiger partial charge in [-0.1, -0.05) is 64.4 Å². The molecule has 2 atom stereocenters. The quantitative estimate of drug-likeness (QED) is 0.909. The second-order valence-corrected chi connectivity index (χ2v) is 8.06.